The molecule has 12 nitrogen and oxygen atoms in total. The highest BCUT2D eigenvalue weighted by Gasteiger charge is 2.76. The molecule has 0 radical (unpaired) electrons. The number of alkyl carbamates (subject to hydrolysis) is 1. The molecule has 1 aromatic carbocycles. The van der Waals surface area contributed by atoms with E-state index in [9.17, 15) is 39.0 Å². The van der Waals surface area contributed by atoms with E-state index in [1.165, 1.54) is 32.0 Å². The second-order valence-corrected chi connectivity index (χ2v) is 13.9. The molecule has 0 aromatic heterocycles. The molecular formula is C30H39N3O9. The maximum atomic E-state index is 14.2. The summed E-state index contributed by atoms with van der Waals surface area (Å²) in [5, 5.41) is 25.4. The number of rotatable bonds is 5. The highest BCUT2D eigenvalue weighted by atomic mass is 16.5. The first-order valence-electron chi connectivity index (χ1n) is 13.8. The summed E-state index contributed by atoms with van der Waals surface area (Å²) in [6.07, 6.45) is -0.735. The summed E-state index contributed by atoms with van der Waals surface area (Å²) < 4.78 is 5.26. The van der Waals surface area contributed by atoms with E-state index >= 15 is 0 Å². The van der Waals surface area contributed by atoms with Crippen molar-refractivity contribution in [1.29, 1.82) is 0 Å². The van der Waals surface area contributed by atoms with Gasteiger partial charge in [-0.25, -0.2) is 4.79 Å². The molecule has 3 aliphatic rings. The lowest BCUT2D eigenvalue weighted by Gasteiger charge is -2.61. The number of primary amides is 1. The minimum absolute atomic E-state index is 0.0354. The molecule has 2 saturated carbocycles. The van der Waals surface area contributed by atoms with E-state index in [1.807, 2.05) is 20.8 Å². The van der Waals surface area contributed by atoms with Crippen LogP contribution in [-0.4, -0.2) is 82.6 Å². The molecule has 42 heavy (non-hydrogen) atoms. The second kappa shape index (κ2) is 9.98. The molecule has 3 aliphatic carbocycles. The Labute approximate surface area is 243 Å². The van der Waals surface area contributed by atoms with Gasteiger partial charge in [-0.15, -0.1) is 0 Å². The highest BCUT2D eigenvalue weighted by Crippen LogP contribution is 2.61. The van der Waals surface area contributed by atoms with Crippen LogP contribution >= 0.6 is 0 Å². The number of nitrogens with one attached hydrogen (secondary N) is 1. The Morgan fingerprint density at radius 3 is 2.29 bits per heavy atom. The van der Waals surface area contributed by atoms with Crippen molar-refractivity contribution in [2.75, 3.05) is 20.7 Å². The molecule has 228 valence electrons. The fraction of sp³-hybridized carbons (Fsp3) is 0.600. The molecule has 1 aromatic rings. The zero-order valence-electron chi connectivity index (χ0n) is 25.0. The van der Waals surface area contributed by atoms with E-state index < -0.39 is 75.2 Å². The Balaban J connectivity index is 1.80. The van der Waals surface area contributed by atoms with E-state index in [4.69, 9.17) is 10.5 Å². The predicted octanol–water partition coefficient (Wildman–Crippen LogP) is 0.920. The third-order valence-electron chi connectivity index (χ3n) is 9.03. The van der Waals surface area contributed by atoms with Crippen molar-refractivity contribution in [3.8, 4) is 5.75 Å². The van der Waals surface area contributed by atoms with Crippen molar-refractivity contribution in [3.05, 3.63) is 28.8 Å². The molecule has 0 saturated heterocycles. The molecule has 2 fully saturated rings. The molecule has 0 aliphatic heterocycles. The van der Waals surface area contributed by atoms with Crippen LogP contribution in [-0.2, 0) is 36.9 Å². The molecule has 2 unspecified atom stereocenters. The van der Waals surface area contributed by atoms with Gasteiger partial charge in [0.25, 0.3) is 0 Å². The van der Waals surface area contributed by atoms with Gasteiger partial charge in [-0.1, -0.05) is 40.7 Å². The zero-order valence-corrected chi connectivity index (χ0v) is 25.0. The van der Waals surface area contributed by atoms with Crippen LogP contribution < -0.4 is 11.1 Å². The van der Waals surface area contributed by atoms with E-state index in [0.29, 0.717) is 11.1 Å². The molecule has 6 atom stereocenters. The number of nitrogens with two attached hydrogens (primary N) is 1. The van der Waals surface area contributed by atoms with Crippen LogP contribution in [0.15, 0.2) is 12.1 Å². The molecule has 4 rings (SSSR count). The maximum absolute atomic E-state index is 14.2. The zero-order chi connectivity index (χ0) is 31.7. The number of hydrogen-bond donors (Lipinski definition) is 4. The third-order valence-corrected chi connectivity index (χ3v) is 9.03. The summed E-state index contributed by atoms with van der Waals surface area (Å²) in [5.41, 5.74) is 0.131. The van der Waals surface area contributed by atoms with Gasteiger partial charge in [0, 0.05) is 12.0 Å². The van der Waals surface area contributed by atoms with Gasteiger partial charge in [-0.05, 0) is 55.0 Å². The minimum atomic E-state index is -2.86. The van der Waals surface area contributed by atoms with Gasteiger partial charge in [-0.3, -0.25) is 28.9 Å². The van der Waals surface area contributed by atoms with Crippen molar-refractivity contribution in [3.63, 3.8) is 0 Å². The Bertz CT molecular complexity index is 1410. The van der Waals surface area contributed by atoms with Crippen molar-refractivity contribution < 1.29 is 43.7 Å². The Hall–Kier alpha value is -3.64. The van der Waals surface area contributed by atoms with Crippen LogP contribution in [0.1, 0.15) is 62.5 Å². The maximum Gasteiger partial charge on any atom is 0.407 e. The number of Topliss-reactive ketones (excluding diaryl/α,β-unsaturated/α-hetero) is 4. The quantitative estimate of drug-likeness (QED) is 0.361. The smallest absolute Gasteiger partial charge is 0.407 e. The number of ether oxygens (including phenoxy) is 1. The van der Waals surface area contributed by atoms with Crippen molar-refractivity contribution in [2.24, 2.45) is 33.8 Å². The van der Waals surface area contributed by atoms with Crippen LogP contribution in [0.5, 0.6) is 5.75 Å². The van der Waals surface area contributed by atoms with Gasteiger partial charge in [0.1, 0.15) is 5.75 Å². The van der Waals surface area contributed by atoms with Crippen LogP contribution in [0.2, 0.25) is 0 Å². The average Bonchev–Trinajstić information content (AvgIpc) is 2.83. The Kier molecular flexibility index (Phi) is 7.44. The third kappa shape index (κ3) is 4.51. The Morgan fingerprint density at radius 2 is 1.74 bits per heavy atom. The number of carbonyl (C=O) groups excluding carboxylic acids is 6. The van der Waals surface area contributed by atoms with Crippen LogP contribution in [0.3, 0.4) is 0 Å². The first kappa shape index (κ1) is 31.3. The SMILES string of the molecule is CN(C)[C@@H]1C(=O)C(C(N)=O)C(=O)[C@@]2(O)C(=O)C3C(=O)c4c(O)ccc(CNC(=O)OCC(C)(C)C)c4C[C@@]3(C)C[C@@]12C. The largest absolute Gasteiger partial charge is 0.507 e. The summed E-state index contributed by atoms with van der Waals surface area (Å²) >= 11 is 0. The number of phenols is 1. The summed E-state index contributed by atoms with van der Waals surface area (Å²) in [4.78, 5) is 81.4. The first-order valence-corrected chi connectivity index (χ1v) is 13.8. The fourth-order valence-electron chi connectivity index (χ4n) is 7.45. The average molecular weight is 586 g/mol. The van der Waals surface area contributed by atoms with Gasteiger partial charge >= 0.3 is 6.09 Å². The number of nitrogens with zero attached hydrogens (tertiary/aromatic N) is 1. The number of phenolic OH excluding ortho intramolecular Hbond substituents is 1. The van der Waals surface area contributed by atoms with E-state index in [-0.39, 0.29) is 37.0 Å². The number of amides is 2. The van der Waals surface area contributed by atoms with Crippen molar-refractivity contribution in [2.45, 2.75) is 65.6 Å². The number of likely N-dealkylation sites (N-methyl/N-ethyl adjacent to an activating group) is 1. The van der Waals surface area contributed by atoms with Crippen LogP contribution in [0.25, 0.3) is 0 Å². The van der Waals surface area contributed by atoms with Gasteiger partial charge < -0.3 is 26.0 Å². The van der Waals surface area contributed by atoms with E-state index in [2.05, 4.69) is 5.32 Å². The number of benzene rings is 1. The summed E-state index contributed by atoms with van der Waals surface area (Å²) in [6.45, 7) is 8.99. The predicted molar refractivity (Wildman–Crippen MR) is 148 cm³/mol. The van der Waals surface area contributed by atoms with Crippen molar-refractivity contribution >= 4 is 35.1 Å². The number of carbonyl (C=O) groups is 6. The lowest BCUT2D eigenvalue weighted by atomic mass is 9.42. The van der Waals surface area contributed by atoms with Crippen molar-refractivity contribution in [1.82, 2.24) is 10.2 Å². The number of fused-ring (bicyclic) bond motifs is 3. The van der Waals surface area contributed by atoms with E-state index in [0.717, 1.165) is 0 Å². The molecule has 2 amide bonds. The first-order chi connectivity index (χ1) is 19.2. The second-order valence-electron chi connectivity index (χ2n) is 13.9. The van der Waals surface area contributed by atoms with Gasteiger partial charge in [-0.2, -0.15) is 0 Å². The summed E-state index contributed by atoms with van der Waals surface area (Å²) in [7, 11) is 3.06. The molecule has 5 N–H and O–H groups in total. The van der Waals surface area contributed by atoms with Crippen LogP contribution in [0.4, 0.5) is 4.79 Å². The van der Waals surface area contributed by atoms with E-state index in [1.54, 1.807) is 13.0 Å². The normalized spacial score (nSPS) is 32.6. The topological polar surface area (TPSA) is 193 Å². The number of aliphatic hydroxyl groups is 1. The number of hydrogen-bond acceptors (Lipinski definition) is 10. The Morgan fingerprint density at radius 1 is 1.12 bits per heavy atom. The monoisotopic (exact) mass is 585 g/mol. The van der Waals surface area contributed by atoms with Crippen LogP contribution in [0, 0.1) is 28.1 Å². The molecular weight excluding hydrogens is 546 g/mol. The fourth-order valence-corrected chi connectivity index (χ4v) is 7.45. The van der Waals surface area contributed by atoms with Gasteiger partial charge in [0.2, 0.25) is 5.91 Å². The summed E-state index contributed by atoms with van der Waals surface area (Å²) in [6, 6.07) is 1.59. The highest BCUT2D eigenvalue weighted by molar-refractivity contribution is 6.33. The lowest BCUT2D eigenvalue weighted by molar-refractivity contribution is -0.203. The molecule has 0 heterocycles. The number of aromatic hydroxyl groups is 1. The number of ketones is 4. The summed E-state index contributed by atoms with van der Waals surface area (Å²) in [5.74, 6) is -9.36. The molecule has 0 bridgehead atoms. The lowest BCUT2D eigenvalue weighted by Crippen LogP contribution is -2.79. The van der Waals surface area contributed by atoms with Gasteiger partial charge in [0.05, 0.1) is 24.1 Å². The molecule has 0 spiro atoms. The van der Waals surface area contributed by atoms with Gasteiger partial charge in [0.15, 0.2) is 34.7 Å². The molecule has 12 heteroatoms. The minimum Gasteiger partial charge on any atom is -0.507 e. The standard InChI is InChI=1S/C30H39N3O9/c1-27(2,3)13-42-26(40)32-11-14-8-9-16(34)17-15(14)10-28(4)12-29(5)22(33(6)7)21(36)18(25(31)39)23(37)30(29,41)24(38)19(28)20(17)35/h8-9,18-19,22,34,41H,10-13H2,1-7H3,(H2,31,39)(H,32,40)/t18?,19?,22-,28+,29+,30-/m1/s1.